The summed E-state index contributed by atoms with van der Waals surface area (Å²) in [5.74, 6) is 0.793. The Morgan fingerprint density at radius 1 is 1.39 bits per heavy atom. The summed E-state index contributed by atoms with van der Waals surface area (Å²) in [5, 5.41) is 11.8. The highest BCUT2D eigenvalue weighted by Gasteiger charge is 2.30. The van der Waals surface area contributed by atoms with Crippen LogP contribution in [0.5, 0.6) is 0 Å². The Morgan fingerprint density at radius 3 is 2.82 bits per heavy atom. The molecule has 2 aromatic rings. The zero-order valence-electron chi connectivity index (χ0n) is 16.4. The van der Waals surface area contributed by atoms with Crippen LogP contribution in [0.15, 0.2) is 29.4 Å². The smallest absolute Gasteiger partial charge is 0.233 e. The molecule has 1 fully saturated rings. The second-order valence-electron chi connectivity index (χ2n) is 7.20. The highest BCUT2D eigenvalue weighted by atomic mass is 32.2. The number of nitrogens with one attached hydrogen (secondary N) is 1. The maximum absolute atomic E-state index is 12.5. The highest BCUT2D eigenvalue weighted by molar-refractivity contribution is 8.00. The summed E-state index contributed by atoms with van der Waals surface area (Å²) in [6.45, 7) is 6.69. The minimum Gasteiger partial charge on any atom is -0.351 e. The molecule has 1 aromatic carbocycles. The average molecular weight is 423 g/mol. The maximum Gasteiger partial charge on any atom is 0.233 e. The molecule has 0 radical (unpaired) electrons. The summed E-state index contributed by atoms with van der Waals surface area (Å²) in [6, 6.07) is 7.82. The van der Waals surface area contributed by atoms with E-state index in [0.717, 1.165) is 29.9 Å². The van der Waals surface area contributed by atoms with Gasteiger partial charge in [-0.15, -0.1) is 10.2 Å². The Balaban J connectivity index is 1.73. The lowest BCUT2D eigenvalue weighted by atomic mass is 10.1. The van der Waals surface area contributed by atoms with Crippen molar-refractivity contribution in [2.75, 3.05) is 11.5 Å². The minimum atomic E-state index is -3.02. The number of amides is 1. The zero-order chi connectivity index (χ0) is 20.3. The van der Waals surface area contributed by atoms with Crippen molar-refractivity contribution in [2.24, 2.45) is 0 Å². The lowest BCUT2D eigenvalue weighted by Crippen LogP contribution is -2.40. The molecule has 1 aliphatic heterocycles. The van der Waals surface area contributed by atoms with Gasteiger partial charge in [0.15, 0.2) is 20.8 Å². The SMILES string of the molecule is CCCn1c(S[C@@H](C)C(=O)N[C@H]2CCS(=O)(=O)C2)nnc1-c1cccc(C)c1. The lowest BCUT2D eigenvalue weighted by molar-refractivity contribution is -0.120. The Morgan fingerprint density at radius 2 is 2.18 bits per heavy atom. The van der Waals surface area contributed by atoms with E-state index in [0.29, 0.717) is 11.6 Å². The summed E-state index contributed by atoms with van der Waals surface area (Å²) in [4.78, 5) is 12.5. The van der Waals surface area contributed by atoms with Crippen molar-refractivity contribution in [3.8, 4) is 11.4 Å². The number of carbonyl (C=O) groups is 1. The summed E-state index contributed by atoms with van der Waals surface area (Å²) < 4.78 is 25.2. The van der Waals surface area contributed by atoms with Crippen LogP contribution in [0.25, 0.3) is 11.4 Å². The lowest BCUT2D eigenvalue weighted by Gasteiger charge is -2.16. The van der Waals surface area contributed by atoms with Gasteiger partial charge in [-0.05, 0) is 32.8 Å². The van der Waals surface area contributed by atoms with E-state index < -0.39 is 15.1 Å². The van der Waals surface area contributed by atoms with E-state index in [1.807, 2.05) is 29.7 Å². The van der Waals surface area contributed by atoms with Crippen LogP contribution in [0.2, 0.25) is 0 Å². The van der Waals surface area contributed by atoms with Gasteiger partial charge in [0.05, 0.1) is 16.8 Å². The largest absolute Gasteiger partial charge is 0.351 e. The van der Waals surface area contributed by atoms with E-state index in [-0.39, 0.29) is 23.5 Å². The fourth-order valence-corrected chi connectivity index (χ4v) is 5.80. The van der Waals surface area contributed by atoms with Crippen molar-refractivity contribution in [3.63, 3.8) is 0 Å². The van der Waals surface area contributed by atoms with Gasteiger partial charge in [0.1, 0.15) is 0 Å². The second kappa shape index (κ2) is 8.65. The summed E-state index contributed by atoms with van der Waals surface area (Å²) >= 11 is 1.35. The molecule has 1 amide bonds. The average Bonchev–Trinajstić information content (AvgIpc) is 3.18. The van der Waals surface area contributed by atoms with Gasteiger partial charge >= 0.3 is 0 Å². The quantitative estimate of drug-likeness (QED) is 0.689. The summed E-state index contributed by atoms with van der Waals surface area (Å²) in [7, 11) is -3.02. The van der Waals surface area contributed by atoms with Crippen LogP contribution < -0.4 is 5.32 Å². The first kappa shape index (κ1) is 20.9. The van der Waals surface area contributed by atoms with Gasteiger partial charge in [-0.1, -0.05) is 42.4 Å². The monoisotopic (exact) mass is 422 g/mol. The summed E-state index contributed by atoms with van der Waals surface area (Å²) in [5.41, 5.74) is 2.15. The topological polar surface area (TPSA) is 94.0 Å². The normalized spacial score (nSPS) is 19.5. The molecule has 0 aliphatic carbocycles. The number of sulfone groups is 1. The minimum absolute atomic E-state index is 0.0274. The fourth-order valence-electron chi connectivity index (χ4n) is 3.24. The molecule has 9 heteroatoms. The predicted octanol–water partition coefficient (Wildman–Crippen LogP) is 2.45. The van der Waals surface area contributed by atoms with Crippen molar-refractivity contribution in [1.29, 1.82) is 0 Å². The second-order valence-corrected chi connectivity index (χ2v) is 10.7. The Hall–Kier alpha value is -1.87. The molecule has 2 heterocycles. The number of aryl methyl sites for hydroxylation is 1. The zero-order valence-corrected chi connectivity index (χ0v) is 18.0. The van der Waals surface area contributed by atoms with Gasteiger partial charge in [0.2, 0.25) is 5.91 Å². The Bertz CT molecular complexity index is 956. The molecule has 0 saturated carbocycles. The number of carbonyl (C=O) groups excluding carboxylic acids is 1. The molecule has 28 heavy (non-hydrogen) atoms. The van der Waals surface area contributed by atoms with Crippen LogP contribution in [0.4, 0.5) is 0 Å². The molecule has 0 spiro atoms. The molecule has 1 saturated heterocycles. The molecule has 1 aromatic heterocycles. The molecular weight excluding hydrogens is 396 g/mol. The van der Waals surface area contributed by atoms with Crippen molar-refractivity contribution in [3.05, 3.63) is 29.8 Å². The van der Waals surface area contributed by atoms with Gasteiger partial charge in [-0.2, -0.15) is 0 Å². The molecule has 152 valence electrons. The third kappa shape index (κ3) is 4.94. The number of thioether (sulfide) groups is 1. The predicted molar refractivity (Wildman–Crippen MR) is 111 cm³/mol. The number of hydrogen-bond donors (Lipinski definition) is 1. The number of hydrogen-bond acceptors (Lipinski definition) is 6. The van der Waals surface area contributed by atoms with Gasteiger partial charge in [0, 0.05) is 18.2 Å². The number of nitrogens with zero attached hydrogens (tertiary/aromatic N) is 3. The molecule has 1 N–H and O–H groups in total. The van der Waals surface area contributed by atoms with E-state index >= 15 is 0 Å². The van der Waals surface area contributed by atoms with Crippen LogP contribution in [0.1, 0.15) is 32.3 Å². The first-order chi connectivity index (χ1) is 13.3. The van der Waals surface area contributed by atoms with E-state index in [4.69, 9.17) is 0 Å². The van der Waals surface area contributed by atoms with Gasteiger partial charge in [-0.25, -0.2) is 8.42 Å². The van der Waals surface area contributed by atoms with Crippen molar-refractivity contribution in [1.82, 2.24) is 20.1 Å². The molecule has 0 bridgehead atoms. The van der Waals surface area contributed by atoms with Gasteiger partial charge in [0.25, 0.3) is 0 Å². The molecule has 7 nitrogen and oxygen atoms in total. The van der Waals surface area contributed by atoms with Crippen LogP contribution in [0, 0.1) is 6.92 Å². The molecule has 1 aliphatic rings. The maximum atomic E-state index is 12.5. The molecular formula is C19H26N4O3S2. The van der Waals surface area contributed by atoms with E-state index in [1.165, 1.54) is 11.8 Å². The number of benzene rings is 1. The third-order valence-electron chi connectivity index (χ3n) is 4.67. The van der Waals surface area contributed by atoms with Crippen LogP contribution >= 0.6 is 11.8 Å². The van der Waals surface area contributed by atoms with Crippen molar-refractivity contribution >= 4 is 27.5 Å². The molecule has 0 unspecified atom stereocenters. The highest BCUT2D eigenvalue weighted by Crippen LogP contribution is 2.28. The van der Waals surface area contributed by atoms with Gasteiger partial charge < -0.3 is 9.88 Å². The van der Waals surface area contributed by atoms with E-state index in [1.54, 1.807) is 6.92 Å². The number of aromatic nitrogens is 3. The van der Waals surface area contributed by atoms with Gasteiger partial charge in [-0.3, -0.25) is 4.79 Å². The first-order valence-corrected chi connectivity index (χ1v) is 12.2. The molecule has 2 atom stereocenters. The van der Waals surface area contributed by atoms with Crippen LogP contribution in [0.3, 0.4) is 0 Å². The van der Waals surface area contributed by atoms with Crippen molar-refractivity contribution in [2.45, 2.75) is 56.6 Å². The summed E-state index contributed by atoms with van der Waals surface area (Å²) in [6.07, 6.45) is 1.40. The Labute approximate surface area is 170 Å². The Kier molecular flexibility index (Phi) is 6.44. The van der Waals surface area contributed by atoms with Crippen molar-refractivity contribution < 1.29 is 13.2 Å². The number of rotatable bonds is 7. The standard InChI is InChI=1S/C19H26N4O3S2/c1-4-9-23-17(15-7-5-6-13(2)11-15)21-22-19(23)27-14(3)18(24)20-16-8-10-28(25,26)12-16/h5-7,11,14,16H,4,8-10,12H2,1-3H3,(H,20,24)/t14-,16-/m0/s1. The molecule has 3 rings (SSSR count). The first-order valence-electron chi connectivity index (χ1n) is 9.46. The van der Waals surface area contributed by atoms with Crippen LogP contribution in [-0.2, 0) is 21.2 Å². The van der Waals surface area contributed by atoms with E-state index in [2.05, 4.69) is 28.5 Å². The van der Waals surface area contributed by atoms with Crippen LogP contribution in [-0.4, -0.2) is 51.9 Å². The fraction of sp³-hybridized carbons (Fsp3) is 0.526. The third-order valence-corrected chi connectivity index (χ3v) is 7.52. The van der Waals surface area contributed by atoms with E-state index in [9.17, 15) is 13.2 Å².